The summed E-state index contributed by atoms with van der Waals surface area (Å²) in [6, 6.07) is 14.4. The molecule has 0 fully saturated rings. The Kier molecular flexibility index (Phi) is 6.91. The second-order valence-corrected chi connectivity index (χ2v) is 7.10. The van der Waals surface area contributed by atoms with Crippen molar-refractivity contribution in [1.29, 1.82) is 0 Å². The first-order valence-electron chi connectivity index (χ1n) is 8.97. The Morgan fingerprint density at radius 1 is 1.03 bits per heavy atom. The van der Waals surface area contributed by atoms with Crippen molar-refractivity contribution in [1.82, 2.24) is 14.9 Å². The molecule has 0 aliphatic heterocycles. The molecule has 0 amide bonds. The van der Waals surface area contributed by atoms with Gasteiger partial charge in [-0.1, -0.05) is 11.8 Å². The molecule has 3 rings (SSSR count). The summed E-state index contributed by atoms with van der Waals surface area (Å²) in [6.45, 7) is 1.86. The van der Waals surface area contributed by atoms with Crippen LogP contribution in [0.1, 0.15) is 22.8 Å². The zero-order valence-electron chi connectivity index (χ0n) is 16.8. The number of Topliss-reactive ketones (excluding diaryl/α,β-unsaturated/α-hetero) is 1. The summed E-state index contributed by atoms with van der Waals surface area (Å²) in [5.74, 6) is 7.89. The van der Waals surface area contributed by atoms with Crippen LogP contribution < -0.4 is 20.7 Å². The van der Waals surface area contributed by atoms with Gasteiger partial charge in [0.1, 0.15) is 11.5 Å². The van der Waals surface area contributed by atoms with Crippen molar-refractivity contribution in [2.45, 2.75) is 12.1 Å². The Morgan fingerprint density at radius 3 is 2.17 bits per heavy atom. The number of carbonyl (C=O) groups is 1. The van der Waals surface area contributed by atoms with Crippen LogP contribution in [0.2, 0.25) is 0 Å². The van der Waals surface area contributed by atoms with Crippen LogP contribution in [0.5, 0.6) is 11.5 Å². The largest absolute Gasteiger partial charge is 0.497 e. The number of nitrogens with two attached hydrogens (primary N) is 1. The van der Waals surface area contributed by atoms with Crippen LogP contribution in [-0.4, -0.2) is 46.3 Å². The summed E-state index contributed by atoms with van der Waals surface area (Å²) in [4.78, 5) is 12.3. The number of methoxy groups -OCH3 is 2. The van der Waals surface area contributed by atoms with Gasteiger partial charge in [-0.15, -0.1) is 10.2 Å². The fraction of sp³-hybridized carbons (Fsp3) is 0.200. The normalized spacial score (nSPS) is 11.2. The minimum atomic E-state index is -0.0477. The van der Waals surface area contributed by atoms with Crippen molar-refractivity contribution in [3.05, 3.63) is 59.7 Å². The molecule has 0 radical (unpaired) electrons. The number of rotatable bonds is 9. The standard InChI is InChI=1S/C20H22N6O3S/c1-13(14-4-8-16(28-2)9-5-14)22-23-19-24-25-20(26(19)21)30-12-18(27)15-6-10-17(29-3)11-7-15/h4-11H,12,21H2,1-3H3,(H,23,24)/b22-13+. The van der Waals surface area contributed by atoms with Gasteiger partial charge in [0.05, 0.1) is 25.7 Å². The Balaban J connectivity index is 1.60. The Labute approximate surface area is 178 Å². The first kappa shape index (κ1) is 21.2. The third kappa shape index (κ3) is 5.09. The van der Waals surface area contributed by atoms with Gasteiger partial charge in [-0.05, 0) is 61.0 Å². The minimum absolute atomic E-state index is 0.0477. The number of carbonyl (C=O) groups excluding carboxylic acids is 1. The van der Waals surface area contributed by atoms with E-state index in [0.717, 1.165) is 17.0 Å². The maximum Gasteiger partial charge on any atom is 0.264 e. The number of benzene rings is 2. The summed E-state index contributed by atoms with van der Waals surface area (Å²) < 4.78 is 11.5. The van der Waals surface area contributed by atoms with Crippen LogP contribution in [0.3, 0.4) is 0 Å². The summed E-state index contributed by atoms with van der Waals surface area (Å²) >= 11 is 1.20. The minimum Gasteiger partial charge on any atom is -0.497 e. The topological polar surface area (TPSA) is 117 Å². The van der Waals surface area contributed by atoms with Gasteiger partial charge in [0.2, 0.25) is 5.16 Å². The lowest BCUT2D eigenvalue weighted by Crippen LogP contribution is -2.14. The molecule has 0 saturated heterocycles. The summed E-state index contributed by atoms with van der Waals surface area (Å²) in [7, 11) is 3.20. The maximum atomic E-state index is 12.3. The maximum absolute atomic E-state index is 12.3. The van der Waals surface area contributed by atoms with Gasteiger partial charge in [0.25, 0.3) is 5.95 Å². The SMILES string of the molecule is COc1ccc(C(=O)CSc2nnc(N/N=C(\C)c3ccc(OC)cc3)n2N)cc1. The monoisotopic (exact) mass is 426 g/mol. The molecule has 0 bridgehead atoms. The van der Waals surface area contributed by atoms with Crippen LogP contribution in [0.15, 0.2) is 58.8 Å². The molecule has 0 aliphatic rings. The van der Waals surface area contributed by atoms with Crippen LogP contribution in [0.4, 0.5) is 5.95 Å². The molecule has 3 aromatic rings. The number of anilines is 1. The highest BCUT2D eigenvalue weighted by atomic mass is 32.2. The van der Waals surface area contributed by atoms with Crippen molar-refractivity contribution in [2.24, 2.45) is 5.10 Å². The molecule has 0 atom stereocenters. The van der Waals surface area contributed by atoms with Crippen LogP contribution in [0.25, 0.3) is 0 Å². The van der Waals surface area contributed by atoms with Crippen LogP contribution >= 0.6 is 11.8 Å². The van der Waals surface area contributed by atoms with Crippen LogP contribution in [-0.2, 0) is 0 Å². The number of hydrogen-bond donors (Lipinski definition) is 2. The first-order valence-corrected chi connectivity index (χ1v) is 9.95. The highest BCUT2D eigenvalue weighted by molar-refractivity contribution is 7.99. The van der Waals surface area contributed by atoms with E-state index in [-0.39, 0.29) is 17.5 Å². The van der Waals surface area contributed by atoms with E-state index in [1.54, 1.807) is 38.5 Å². The second-order valence-electron chi connectivity index (χ2n) is 6.15. The summed E-state index contributed by atoms with van der Waals surface area (Å²) in [5.41, 5.74) is 5.05. The average molecular weight is 427 g/mol. The van der Waals surface area contributed by atoms with Gasteiger partial charge in [-0.3, -0.25) is 4.79 Å². The summed E-state index contributed by atoms with van der Waals surface area (Å²) in [6.07, 6.45) is 0. The number of ether oxygens (including phenoxy) is 2. The Bertz CT molecular complexity index is 1030. The third-order valence-corrected chi connectivity index (χ3v) is 5.18. The number of hydrogen-bond acceptors (Lipinski definition) is 9. The molecule has 2 aromatic carbocycles. The van der Waals surface area contributed by atoms with E-state index in [0.29, 0.717) is 16.5 Å². The van der Waals surface area contributed by atoms with Gasteiger partial charge in [-0.2, -0.15) is 5.10 Å². The molecule has 1 heterocycles. The number of hydrazone groups is 1. The lowest BCUT2D eigenvalue weighted by atomic mass is 10.1. The molecule has 0 spiro atoms. The number of thioether (sulfide) groups is 1. The van der Waals surface area contributed by atoms with E-state index in [2.05, 4.69) is 20.7 Å². The van der Waals surface area contributed by atoms with Crippen molar-refractivity contribution >= 4 is 29.2 Å². The van der Waals surface area contributed by atoms with Gasteiger partial charge in [0, 0.05) is 5.56 Å². The lowest BCUT2D eigenvalue weighted by molar-refractivity contribution is 0.102. The Morgan fingerprint density at radius 2 is 1.60 bits per heavy atom. The predicted octanol–water partition coefficient (Wildman–Crippen LogP) is 2.82. The fourth-order valence-corrected chi connectivity index (χ4v) is 3.22. The fourth-order valence-electron chi connectivity index (χ4n) is 2.47. The van der Waals surface area contributed by atoms with Gasteiger partial charge < -0.3 is 15.3 Å². The number of nitrogens with zero attached hydrogens (tertiary/aromatic N) is 4. The molecule has 3 N–H and O–H groups in total. The van der Waals surface area contributed by atoms with Crippen molar-refractivity contribution in [3.63, 3.8) is 0 Å². The van der Waals surface area contributed by atoms with Crippen molar-refractivity contribution < 1.29 is 14.3 Å². The highest BCUT2D eigenvalue weighted by Crippen LogP contribution is 2.20. The molecule has 9 nitrogen and oxygen atoms in total. The molecule has 1 aromatic heterocycles. The zero-order valence-corrected chi connectivity index (χ0v) is 17.6. The average Bonchev–Trinajstić information content (AvgIpc) is 3.15. The van der Waals surface area contributed by atoms with E-state index in [1.807, 2.05) is 31.2 Å². The first-order chi connectivity index (χ1) is 14.5. The molecular weight excluding hydrogens is 404 g/mol. The molecule has 10 heteroatoms. The molecule has 0 aliphatic carbocycles. The van der Waals surface area contributed by atoms with Gasteiger partial charge >= 0.3 is 0 Å². The number of aromatic nitrogens is 3. The third-order valence-electron chi connectivity index (χ3n) is 4.24. The van der Waals surface area contributed by atoms with E-state index in [1.165, 1.54) is 16.4 Å². The molecule has 156 valence electrons. The molecule has 0 saturated carbocycles. The van der Waals surface area contributed by atoms with E-state index >= 15 is 0 Å². The molecule has 0 unspecified atom stereocenters. The van der Waals surface area contributed by atoms with Gasteiger partial charge in [-0.25, -0.2) is 10.1 Å². The zero-order chi connectivity index (χ0) is 21.5. The number of nitrogens with one attached hydrogen (secondary N) is 1. The highest BCUT2D eigenvalue weighted by Gasteiger charge is 2.13. The van der Waals surface area contributed by atoms with Crippen LogP contribution in [0, 0.1) is 0 Å². The number of nitrogen functional groups attached to an aromatic ring is 1. The second kappa shape index (κ2) is 9.79. The Hall–Kier alpha value is -3.53. The van der Waals surface area contributed by atoms with Crippen molar-refractivity contribution in [2.75, 3.05) is 31.2 Å². The molecule has 30 heavy (non-hydrogen) atoms. The number of ketones is 1. The van der Waals surface area contributed by atoms with E-state index in [9.17, 15) is 4.79 Å². The smallest absolute Gasteiger partial charge is 0.264 e. The predicted molar refractivity (Wildman–Crippen MR) is 117 cm³/mol. The lowest BCUT2D eigenvalue weighted by Gasteiger charge is -2.05. The summed E-state index contributed by atoms with van der Waals surface area (Å²) in [5, 5.41) is 12.7. The van der Waals surface area contributed by atoms with E-state index in [4.69, 9.17) is 15.3 Å². The quantitative estimate of drug-likeness (QED) is 0.176. The van der Waals surface area contributed by atoms with Gasteiger partial charge in [0.15, 0.2) is 5.78 Å². The van der Waals surface area contributed by atoms with E-state index < -0.39 is 0 Å². The van der Waals surface area contributed by atoms with Crippen molar-refractivity contribution in [3.8, 4) is 11.5 Å². The molecular formula is C20H22N6O3S.